The number of aliphatic carboxylic acids is 1. The van der Waals surface area contributed by atoms with E-state index in [1.165, 1.54) is 4.90 Å². The fourth-order valence-corrected chi connectivity index (χ4v) is 2.45. The summed E-state index contributed by atoms with van der Waals surface area (Å²) in [6.45, 7) is 1.74. The van der Waals surface area contributed by atoms with Crippen LogP contribution in [0.3, 0.4) is 0 Å². The Hall–Kier alpha value is -2.57. The first kappa shape index (κ1) is 14.8. The predicted octanol–water partition coefficient (Wildman–Crippen LogP) is 0.648. The van der Waals surface area contributed by atoms with Crippen molar-refractivity contribution in [2.75, 3.05) is 11.4 Å². The number of nitrogens with one attached hydrogen (secondary N) is 1. The first-order valence-electron chi connectivity index (χ1n) is 6.58. The molecule has 1 aromatic rings. The maximum atomic E-state index is 12.2. The van der Waals surface area contributed by atoms with Crippen molar-refractivity contribution in [3.05, 3.63) is 29.8 Å². The predicted molar refractivity (Wildman–Crippen MR) is 76.0 cm³/mol. The summed E-state index contributed by atoms with van der Waals surface area (Å²) in [6, 6.07) is 6.05. The highest BCUT2D eigenvalue weighted by Gasteiger charge is 2.36. The van der Waals surface area contributed by atoms with E-state index in [1.807, 2.05) is 0 Å². The van der Waals surface area contributed by atoms with Crippen LogP contribution in [0.2, 0.25) is 0 Å². The number of carbonyl (C=O) groups excluding carboxylic acids is 2. The number of benzene rings is 1. The van der Waals surface area contributed by atoms with Crippen LogP contribution >= 0.6 is 0 Å². The highest BCUT2D eigenvalue weighted by molar-refractivity contribution is 5.98. The van der Waals surface area contributed by atoms with Crippen LogP contribution in [-0.4, -0.2) is 35.6 Å². The molecule has 0 saturated carbocycles. The number of primary amides is 1. The van der Waals surface area contributed by atoms with E-state index in [9.17, 15) is 19.5 Å². The Morgan fingerprint density at radius 3 is 2.71 bits per heavy atom. The largest absolute Gasteiger partial charge is 0.481 e. The minimum atomic E-state index is -0.970. The molecule has 0 saturated heterocycles. The molecule has 21 heavy (non-hydrogen) atoms. The van der Waals surface area contributed by atoms with E-state index in [1.54, 1.807) is 31.2 Å². The van der Waals surface area contributed by atoms with E-state index in [2.05, 4.69) is 5.32 Å². The first-order valence-corrected chi connectivity index (χ1v) is 6.58. The maximum absolute atomic E-state index is 12.2. The van der Waals surface area contributed by atoms with Crippen molar-refractivity contribution in [3.63, 3.8) is 0 Å². The van der Waals surface area contributed by atoms with Crippen LogP contribution in [0.4, 0.5) is 10.5 Å². The van der Waals surface area contributed by atoms with Crippen molar-refractivity contribution < 1.29 is 19.5 Å². The average molecular weight is 291 g/mol. The Labute approximate surface area is 121 Å². The zero-order valence-electron chi connectivity index (χ0n) is 11.6. The fraction of sp³-hybridized carbons (Fsp3) is 0.357. The van der Waals surface area contributed by atoms with Gasteiger partial charge in [0.1, 0.15) is 5.92 Å². The molecule has 1 aromatic carbocycles. The molecular formula is C14H17N3O4. The molecule has 7 heteroatoms. The van der Waals surface area contributed by atoms with Gasteiger partial charge in [0, 0.05) is 24.7 Å². The second-order valence-corrected chi connectivity index (χ2v) is 5.08. The number of anilines is 1. The van der Waals surface area contributed by atoms with Crippen molar-refractivity contribution >= 4 is 23.6 Å². The number of nitrogens with two attached hydrogens (primary N) is 1. The van der Waals surface area contributed by atoms with Crippen LogP contribution in [0.1, 0.15) is 24.8 Å². The highest BCUT2D eigenvalue weighted by Crippen LogP contribution is 2.36. The van der Waals surface area contributed by atoms with Gasteiger partial charge in [-0.15, -0.1) is 0 Å². The van der Waals surface area contributed by atoms with Gasteiger partial charge in [-0.05, 0) is 18.6 Å². The molecule has 2 unspecified atom stereocenters. The van der Waals surface area contributed by atoms with Gasteiger partial charge in [0.15, 0.2) is 0 Å². The lowest BCUT2D eigenvalue weighted by atomic mass is 10.0. The molecule has 3 amide bonds. The Balaban J connectivity index is 2.16. The zero-order chi connectivity index (χ0) is 15.6. The number of hydrogen-bond donors (Lipinski definition) is 3. The van der Waals surface area contributed by atoms with E-state index in [-0.39, 0.29) is 13.0 Å². The molecule has 0 aromatic heterocycles. The quantitative estimate of drug-likeness (QED) is 0.755. The first-order chi connectivity index (χ1) is 9.90. The molecule has 0 aliphatic carbocycles. The van der Waals surface area contributed by atoms with Gasteiger partial charge < -0.3 is 16.2 Å². The molecule has 2 atom stereocenters. The third-order valence-electron chi connectivity index (χ3n) is 3.39. The summed E-state index contributed by atoms with van der Waals surface area (Å²) in [6.07, 6.45) is 0.0313. The normalized spacial score (nSPS) is 18.0. The number of carbonyl (C=O) groups is 3. The van der Waals surface area contributed by atoms with Crippen LogP contribution in [0, 0.1) is 0 Å². The molecule has 0 spiro atoms. The molecule has 1 aliphatic heterocycles. The summed E-state index contributed by atoms with van der Waals surface area (Å²) in [5.74, 6) is -2.21. The summed E-state index contributed by atoms with van der Waals surface area (Å²) in [5.41, 5.74) is 6.27. The van der Waals surface area contributed by atoms with Gasteiger partial charge in [0.05, 0.1) is 0 Å². The SMILES string of the molecule is CC(CC(N)=O)NC(=O)N1CC(C(=O)O)c2ccccc21. The summed E-state index contributed by atoms with van der Waals surface area (Å²) in [4.78, 5) is 35.7. The van der Waals surface area contributed by atoms with Gasteiger partial charge in [-0.25, -0.2) is 4.79 Å². The summed E-state index contributed by atoms with van der Waals surface area (Å²) < 4.78 is 0. The van der Waals surface area contributed by atoms with Crippen LogP contribution in [0.15, 0.2) is 24.3 Å². The second-order valence-electron chi connectivity index (χ2n) is 5.08. The van der Waals surface area contributed by atoms with E-state index in [4.69, 9.17) is 5.73 Å². The Bertz CT molecular complexity index is 587. The fourth-order valence-electron chi connectivity index (χ4n) is 2.45. The van der Waals surface area contributed by atoms with Gasteiger partial charge in [-0.2, -0.15) is 0 Å². The lowest BCUT2D eigenvalue weighted by Gasteiger charge is -2.21. The number of nitrogens with zero attached hydrogens (tertiary/aromatic N) is 1. The Kier molecular flexibility index (Phi) is 4.11. The van der Waals surface area contributed by atoms with Crippen LogP contribution in [0.5, 0.6) is 0 Å². The molecular weight excluding hydrogens is 274 g/mol. The number of urea groups is 1. The topological polar surface area (TPSA) is 113 Å². The lowest BCUT2D eigenvalue weighted by molar-refractivity contribution is -0.138. The third kappa shape index (κ3) is 3.13. The number of fused-ring (bicyclic) bond motifs is 1. The van der Waals surface area contributed by atoms with E-state index < -0.39 is 29.9 Å². The maximum Gasteiger partial charge on any atom is 0.322 e. The summed E-state index contributed by atoms with van der Waals surface area (Å²) in [7, 11) is 0. The van der Waals surface area contributed by atoms with Crippen molar-refractivity contribution in [1.82, 2.24) is 5.32 Å². The highest BCUT2D eigenvalue weighted by atomic mass is 16.4. The molecule has 4 N–H and O–H groups in total. The molecule has 1 heterocycles. The molecule has 7 nitrogen and oxygen atoms in total. The van der Waals surface area contributed by atoms with Crippen LogP contribution < -0.4 is 16.0 Å². The Morgan fingerprint density at radius 1 is 1.43 bits per heavy atom. The smallest absolute Gasteiger partial charge is 0.322 e. The number of carboxylic acid groups (broad SMARTS) is 1. The van der Waals surface area contributed by atoms with Gasteiger partial charge in [0.2, 0.25) is 5.91 Å². The minimum absolute atomic E-state index is 0.0313. The lowest BCUT2D eigenvalue weighted by Crippen LogP contribution is -2.45. The van der Waals surface area contributed by atoms with E-state index >= 15 is 0 Å². The summed E-state index contributed by atoms with van der Waals surface area (Å²) >= 11 is 0. The third-order valence-corrected chi connectivity index (χ3v) is 3.39. The van der Waals surface area contributed by atoms with Gasteiger partial charge in [-0.3, -0.25) is 14.5 Å². The number of amides is 3. The standard InChI is InChI=1S/C14H17N3O4/c1-8(6-12(15)18)16-14(21)17-7-10(13(19)20)9-4-2-3-5-11(9)17/h2-5,8,10H,6-7H2,1H3,(H2,15,18)(H,16,21)(H,19,20). The number of rotatable bonds is 4. The number of carboxylic acids is 1. The molecule has 0 fully saturated rings. The van der Waals surface area contributed by atoms with Gasteiger partial charge in [-0.1, -0.05) is 18.2 Å². The molecule has 0 bridgehead atoms. The zero-order valence-corrected chi connectivity index (χ0v) is 11.6. The number of para-hydroxylation sites is 1. The Morgan fingerprint density at radius 2 is 2.10 bits per heavy atom. The molecule has 2 rings (SSSR count). The molecule has 112 valence electrons. The second kappa shape index (κ2) is 5.82. The molecule has 0 radical (unpaired) electrons. The van der Waals surface area contributed by atoms with E-state index in [0.717, 1.165) is 0 Å². The van der Waals surface area contributed by atoms with Crippen molar-refractivity contribution in [2.45, 2.75) is 25.3 Å². The van der Waals surface area contributed by atoms with E-state index in [0.29, 0.717) is 11.3 Å². The molecule has 1 aliphatic rings. The van der Waals surface area contributed by atoms with Crippen molar-refractivity contribution in [2.24, 2.45) is 5.73 Å². The van der Waals surface area contributed by atoms with Crippen LogP contribution in [0.25, 0.3) is 0 Å². The average Bonchev–Trinajstić information content (AvgIpc) is 2.77. The monoisotopic (exact) mass is 291 g/mol. The van der Waals surface area contributed by atoms with Gasteiger partial charge >= 0.3 is 12.0 Å². The minimum Gasteiger partial charge on any atom is -0.481 e. The van der Waals surface area contributed by atoms with Crippen LogP contribution in [-0.2, 0) is 9.59 Å². The summed E-state index contributed by atoms with van der Waals surface area (Å²) in [5, 5.41) is 11.9. The van der Waals surface area contributed by atoms with Crippen molar-refractivity contribution in [1.29, 1.82) is 0 Å². The van der Waals surface area contributed by atoms with Gasteiger partial charge in [0.25, 0.3) is 0 Å². The van der Waals surface area contributed by atoms with Crippen molar-refractivity contribution in [3.8, 4) is 0 Å². The number of hydrogen-bond acceptors (Lipinski definition) is 3.